The average molecular weight is 275 g/mol. The number of rotatable bonds is 4. The van der Waals surface area contributed by atoms with E-state index in [0.29, 0.717) is 12.3 Å². The molecular weight excluding hydrogens is 254 g/mol. The summed E-state index contributed by atoms with van der Waals surface area (Å²) in [4.78, 5) is 13.1. The van der Waals surface area contributed by atoms with E-state index in [1.54, 1.807) is 0 Å². The molecule has 0 spiro atoms. The number of benzene rings is 1. The van der Waals surface area contributed by atoms with Gasteiger partial charge in [0, 0.05) is 19.5 Å². The molecule has 0 radical (unpaired) electrons. The monoisotopic (exact) mass is 275 g/mol. The number of nitrogens with zero attached hydrogens (tertiary/aromatic N) is 1. The zero-order chi connectivity index (χ0) is 13.9. The van der Waals surface area contributed by atoms with Gasteiger partial charge in [-0.05, 0) is 36.4 Å². The third kappa shape index (κ3) is 3.02. The van der Waals surface area contributed by atoms with Crippen molar-refractivity contribution in [1.82, 2.24) is 4.90 Å². The fourth-order valence-corrected chi connectivity index (χ4v) is 3.35. The van der Waals surface area contributed by atoms with Gasteiger partial charge in [-0.15, -0.1) is 0 Å². The molecule has 1 aromatic rings. The number of likely N-dealkylation sites (tertiary alicyclic amines) is 1. The SMILES string of the molecule is O=C(O)CC1CCN(CC2OCCc3ccccc32)C1. The van der Waals surface area contributed by atoms with Crippen molar-refractivity contribution < 1.29 is 14.6 Å². The molecule has 1 fully saturated rings. The van der Waals surface area contributed by atoms with Crippen molar-refractivity contribution in [3.05, 3.63) is 35.4 Å². The minimum atomic E-state index is -0.684. The Morgan fingerprint density at radius 1 is 1.40 bits per heavy atom. The predicted molar refractivity (Wildman–Crippen MR) is 75.6 cm³/mol. The molecule has 1 N–H and O–H groups in total. The highest BCUT2D eigenvalue weighted by atomic mass is 16.5. The highest BCUT2D eigenvalue weighted by molar-refractivity contribution is 5.67. The molecule has 2 aliphatic heterocycles. The molecule has 0 aliphatic carbocycles. The smallest absolute Gasteiger partial charge is 0.303 e. The summed E-state index contributed by atoms with van der Waals surface area (Å²) in [5.74, 6) is -0.387. The Bertz CT molecular complexity index is 488. The van der Waals surface area contributed by atoms with Gasteiger partial charge in [-0.25, -0.2) is 0 Å². The van der Waals surface area contributed by atoms with Gasteiger partial charge < -0.3 is 14.7 Å². The summed E-state index contributed by atoms with van der Waals surface area (Å²) in [6.07, 6.45) is 2.41. The zero-order valence-corrected chi connectivity index (χ0v) is 11.6. The highest BCUT2D eigenvalue weighted by Crippen LogP contribution is 2.29. The molecule has 0 aromatic heterocycles. The van der Waals surface area contributed by atoms with E-state index in [1.807, 2.05) is 0 Å². The van der Waals surface area contributed by atoms with Gasteiger partial charge in [0.05, 0.1) is 12.7 Å². The van der Waals surface area contributed by atoms with E-state index in [4.69, 9.17) is 9.84 Å². The molecule has 0 bridgehead atoms. The van der Waals surface area contributed by atoms with Gasteiger partial charge >= 0.3 is 5.97 Å². The number of carboxylic acids is 1. The summed E-state index contributed by atoms with van der Waals surface area (Å²) < 4.78 is 5.92. The maximum absolute atomic E-state index is 10.8. The van der Waals surface area contributed by atoms with E-state index in [9.17, 15) is 4.79 Å². The summed E-state index contributed by atoms with van der Waals surface area (Å²) in [5.41, 5.74) is 2.70. The van der Waals surface area contributed by atoms with Crippen molar-refractivity contribution >= 4 is 5.97 Å². The molecule has 1 aromatic carbocycles. The molecule has 2 aliphatic rings. The van der Waals surface area contributed by atoms with Crippen LogP contribution in [0.25, 0.3) is 0 Å². The normalized spacial score (nSPS) is 26.4. The molecule has 20 heavy (non-hydrogen) atoms. The Morgan fingerprint density at radius 3 is 3.10 bits per heavy atom. The fourth-order valence-electron chi connectivity index (χ4n) is 3.35. The van der Waals surface area contributed by atoms with Gasteiger partial charge in [0.15, 0.2) is 0 Å². The molecule has 2 unspecified atom stereocenters. The minimum Gasteiger partial charge on any atom is -0.481 e. The summed E-state index contributed by atoms with van der Waals surface area (Å²) in [5, 5.41) is 8.87. The third-order valence-corrected chi connectivity index (χ3v) is 4.35. The molecule has 4 heteroatoms. The number of carboxylic acid groups (broad SMARTS) is 1. The zero-order valence-electron chi connectivity index (χ0n) is 11.6. The van der Waals surface area contributed by atoms with E-state index >= 15 is 0 Å². The summed E-state index contributed by atoms with van der Waals surface area (Å²) in [6.45, 7) is 3.54. The number of fused-ring (bicyclic) bond motifs is 1. The fraction of sp³-hybridized carbons (Fsp3) is 0.562. The van der Waals surface area contributed by atoms with Gasteiger partial charge in [0.25, 0.3) is 0 Å². The number of ether oxygens (including phenoxy) is 1. The third-order valence-electron chi connectivity index (χ3n) is 4.35. The Kier molecular flexibility index (Phi) is 4.03. The van der Waals surface area contributed by atoms with Crippen LogP contribution in [0.2, 0.25) is 0 Å². The lowest BCUT2D eigenvalue weighted by Crippen LogP contribution is -2.30. The van der Waals surface area contributed by atoms with Gasteiger partial charge in [0.2, 0.25) is 0 Å². The molecule has 3 rings (SSSR count). The first-order chi connectivity index (χ1) is 9.72. The van der Waals surface area contributed by atoms with Crippen LogP contribution in [-0.4, -0.2) is 42.2 Å². The molecular formula is C16H21NO3. The molecule has 2 heterocycles. The van der Waals surface area contributed by atoms with Crippen molar-refractivity contribution in [2.75, 3.05) is 26.2 Å². The Balaban J connectivity index is 1.61. The summed E-state index contributed by atoms with van der Waals surface area (Å²) in [6, 6.07) is 8.49. The number of carbonyl (C=O) groups is 1. The van der Waals surface area contributed by atoms with E-state index in [2.05, 4.69) is 29.2 Å². The van der Waals surface area contributed by atoms with Gasteiger partial charge in [-0.1, -0.05) is 24.3 Å². The van der Waals surface area contributed by atoms with Gasteiger partial charge in [-0.3, -0.25) is 4.79 Å². The predicted octanol–water partition coefficient (Wildman–Crippen LogP) is 2.10. The van der Waals surface area contributed by atoms with E-state index < -0.39 is 5.97 Å². The summed E-state index contributed by atoms with van der Waals surface area (Å²) in [7, 11) is 0. The van der Waals surface area contributed by atoms with E-state index in [-0.39, 0.29) is 6.10 Å². The van der Waals surface area contributed by atoms with Crippen molar-refractivity contribution in [2.45, 2.75) is 25.4 Å². The second-order valence-corrected chi connectivity index (χ2v) is 5.82. The average Bonchev–Trinajstić information content (AvgIpc) is 2.86. The highest BCUT2D eigenvalue weighted by Gasteiger charge is 2.28. The van der Waals surface area contributed by atoms with Crippen LogP contribution in [0.4, 0.5) is 0 Å². The Hall–Kier alpha value is -1.39. The minimum absolute atomic E-state index is 0.142. The van der Waals surface area contributed by atoms with E-state index in [1.165, 1.54) is 11.1 Å². The molecule has 0 saturated carbocycles. The van der Waals surface area contributed by atoms with Crippen LogP contribution in [0, 0.1) is 5.92 Å². The van der Waals surface area contributed by atoms with Crippen LogP contribution in [0.3, 0.4) is 0 Å². The Morgan fingerprint density at radius 2 is 2.25 bits per heavy atom. The molecule has 4 nitrogen and oxygen atoms in total. The molecule has 1 saturated heterocycles. The first kappa shape index (κ1) is 13.6. The van der Waals surface area contributed by atoms with Crippen LogP contribution in [-0.2, 0) is 16.0 Å². The van der Waals surface area contributed by atoms with Crippen molar-refractivity contribution in [3.63, 3.8) is 0 Å². The van der Waals surface area contributed by atoms with Crippen LogP contribution in [0.1, 0.15) is 30.1 Å². The van der Waals surface area contributed by atoms with Gasteiger partial charge in [0.1, 0.15) is 0 Å². The van der Waals surface area contributed by atoms with Gasteiger partial charge in [-0.2, -0.15) is 0 Å². The first-order valence-corrected chi connectivity index (χ1v) is 7.36. The number of hydrogen-bond acceptors (Lipinski definition) is 3. The van der Waals surface area contributed by atoms with Crippen LogP contribution in [0.5, 0.6) is 0 Å². The Labute approximate surface area is 119 Å². The summed E-state index contributed by atoms with van der Waals surface area (Å²) >= 11 is 0. The first-order valence-electron chi connectivity index (χ1n) is 7.36. The lowest BCUT2D eigenvalue weighted by atomic mass is 9.97. The van der Waals surface area contributed by atoms with Crippen molar-refractivity contribution in [2.24, 2.45) is 5.92 Å². The van der Waals surface area contributed by atoms with Crippen LogP contribution >= 0.6 is 0 Å². The molecule has 108 valence electrons. The lowest BCUT2D eigenvalue weighted by Gasteiger charge is -2.29. The van der Waals surface area contributed by atoms with E-state index in [0.717, 1.165) is 39.1 Å². The second kappa shape index (κ2) is 5.94. The standard InChI is InChI=1S/C16H21NO3/c18-16(19)9-12-5-7-17(10-12)11-15-14-4-2-1-3-13(14)6-8-20-15/h1-4,12,15H,5-11H2,(H,18,19). The largest absolute Gasteiger partial charge is 0.481 e. The topological polar surface area (TPSA) is 49.8 Å². The quantitative estimate of drug-likeness (QED) is 0.914. The lowest BCUT2D eigenvalue weighted by molar-refractivity contribution is -0.138. The molecule has 0 amide bonds. The maximum atomic E-state index is 10.8. The molecule has 2 atom stereocenters. The van der Waals surface area contributed by atoms with Crippen molar-refractivity contribution in [1.29, 1.82) is 0 Å². The number of hydrogen-bond donors (Lipinski definition) is 1. The number of aliphatic carboxylic acids is 1. The second-order valence-electron chi connectivity index (χ2n) is 5.82. The van der Waals surface area contributed by atoms with Crippen LogP contribution < -0.4 is 0 Å². The van der Waals surface area contributed by atoms with Crippen LogP contribution in [0.15, 0.2) is 24.3 Å². The van der Waals surface area contributed by atoms with Crippen molar-refractivity contribution in [3.8, 4) is 0 Å². The maximum Gasteiger partial charge on any atom is 0.303 e.